The van der Waals surface area contributed by atoms with Crippen LogP contribution in [0.5, 0.6) is 0 Å². The molecule has 0 fully saturated rings. The first-order chi connectivity index (χ1) is 10.4. The summed E-state index contributed by atoms with van der Waals surface area (Å²) in [6.45, 7) is 2.42. The first-order valence-electron chi connectivity index (χ1n) is 6.89. The van der Waals surface area contributed by atoms with Gasteiger partial charge < -0.3 is 19.9 Å². The van der Waals surface area contributed by atoms with E-state index in [1.54, 1.807) is 0 Å². The number of nitrogens with two attached hydrogens (primary N) is 1. The maximum absolute atomic E-state index is 12.2. The predicted octanol–water partition coefficient (Wildman–Crippen LogP) is 0.295. The van der Waals surface area contributed by atoms with Crippen molar-refractivity contribution in [2.24, 2.45) is 11.1 Å². The molecule has 0 aliphatic heterocycles. The third kappa shape index (κ3) is 7.59. The molecule has 0 saturated heterocycles. The largest absolute Gasteiger partial charge is 0.466 e. The van der Waals surface area contributed by atoms with Crippen LogP contribution in [0.25, 0.3) is 0 Å². The van der Waals surface area contributed by atoms with Crippen molar-refractivity contribution in [2.45, 2.75) is 33.1 Å². The van der Waals surface area contributed by atoms with Gasteiger partial charge in [0.2, 0.25) is 0 Å². The molecule has 0 aromatic rings. The SMILES string of the molecule is CC(=O)OCCC(CN)(CCOC(C)=O)C(=O)OCCC#N. The molecule has 0 aromatic carbocycles. The van der Waals surface area contributed by atoms with Crippen LogP contribution in [-0.4, -0.2) is 44.3 Å². The molecule has 0 aliphatic carbocycles. The standard InChI is InChI=1S/C14H22N2O6/c1-11(17)20-8-4-14(10-16,5-9-21-12(2)18)13(19)22-7-3-6-15/h3-5,7-10,16H2,1-2H3. The molecule has 0 heterocycles. The van der Waals surface area contributed by atoms with E-state index in [0.29, 0.717) is 0 Å². The lowest BCUT2D eigenvalue weighted by molar-refractivity contribution is -0.160. The highest BCUT2D eigenvalue weighted by Crippen LogP contribution is 2.28. The van der Waals surface area contributed by atoms with Crippen LogP contribution in [0.2, 0.25) is 0 Å². The summed E-state index contributed by atoms with van der Waals surface area (Å²) in [5, 5.41) is 8.46. The molecule has 22 heavy (non-hydrogen) atoms. The average Bonchev–Trinajstić information content (AvgIpc) is 2.45. The van der Waals surface area contributed by atoms with E-state index in [4.69, 9.17) is 25.2 Å². The Hall–Kier alpha value is -2.14. The number of esters is 3. The molecule has 2 N–H and O–H groups in total. The molecule has 0 atom stereocenters. The first-order valence-corrected chi connectivity index (χ1v) is 6.89. The van der Waals surface area contributed by atoms with E-state index < -0.39 is 23.3 Å². The normalized spacial score (nSPS) is 10.5. The summed E-state index contributed by atoms with van der Waals surface area (Å²) in [5.74, 6) is -1.53. The summed E-state index contributed by atoms with van der Waals surface area (Å²) < 4.78 is 14.7. The van der Waals surface area contributed by atoms with Crippen LogP contribution in [0, 0.1) is 16.7 Å². The third-order valence-electron chi connectivity index (χ3n) is 3.04. The smallest absolute Gasteiger partial charge is 0.313 e. The zero-order valence-electron chi connectivity index (χ0n) is 12.9. The molecule has 0 bridgehead atoms. The molecule has 0 aliphatic rings. The Balaban J connectivity index is 4.80. The fourth-order valence-electron chi connectivity index (χ4n) is 1.74. The van der Waals surface area contributed by atoms with Gasteiger partial charge in [0.1, 0.15) is 6.61 Å². The van der Waals surface area contributed by atoms with E-state index in [1.165, 1.54) is 13.8 Å². The molecule has 0 radical (unpaired) electrons. The molecule has 0 amide bonds. The van der Waals surface area contributed by atoms with Gasteiger partial charge in [0.15, 0.2) is 0 Å². The maximum atomic E-state index is 12.2. The molecule has 0 saturated carbocycles. The molecule has 0 unspecified atom stereocenters. The highest BCUT2D eigenvalue weighted by molar-refractivity contribution is 5.77. The predicted molar refractivity (Wildman–Crippen MR) is 75.2 cm³/mol. The topological polar surface area (TPSA) is 129 Å². The maximum Gasteiger partial charge on any atom is 0.313 e. The summed E-state index contributed by atoms with van der Waals surface area (Å²) in [7, 11) is 0. The second-order valence-electron chi connectivity index (χ2n) is 4.71. The van der Waals surface area contributed by atoms with Crippen molar-refractivity contribution < 1.29 is 28.6 Å². The lowest BCUT2D eigenvalue weighted by atomic mass is 9.81. The number of ether oxygens (including phenoxy) is 3. The molecule has 0 rings (SSSR count). The lowest BCUT2D eigenvalue weighted by Crippen LogP contribution is -2.42. The van der Waals surface area contributed by atoms with Gasteiger partial charge in [-0.3, -0.25) is 14.4 Å². The molecule has 8 heteroatoms. The second kappa shape index (κ2) is 10.6. The summed E-state index contributed by atoms with van der Waals surface area (Å²) in [4.78, 5) is 33.9. The Morgan fingerprint density at radius 2 is 1.50 bits per heavy atom. The minimum Gasteiger partial charge on any atom is -0.466 e. The number of nitriles is 1. The van der Waals surface area contributed by atoms with Crippen molar-refractivity contribution in [2.75, 3.05) is 26.4 Å². The van der Waals surface area contributed by atoms with Crippen molar-refractivity contribution in [3.63, 3.8) is 0 Å². The average molecular weight is 314 g/mol. The number of carbonyl (C=O) groups excluding carboxylic acids is 3. The van der Waals surface area contributed by atoms with E-state index in [-0.39, 0.29) is 45.6 Å². The number of hydrogen-bond acceptors (Lipinski definition) is 8. The number of hydrogen-bond donors (Lipinski definition) is 1. The van der Waals surface area contributed by atoms with Gasteiger partial charge in [-0.25, -0.2) is 0 Å². The highest BCUT2D eigenvalue weighted by atomic mass is 16.5. The van der Waals surface area contributed by atoms with E-state index in [2.05, 4.69) is 0 Å². The minimum atomic E-state index is -1.12. The van der Waals surface area contributed by atoms with Crippen LogP contribution in [0.4, 0.5) is 0 Å². The van der Waals surface area contributed by atoms with Gasteiger partial charge in [-0.05, 0) is 12.8 Å². The van der Waals surface area contributed by atoms with Crippen molar-refractivity contribution >= 4 is 17.9 Å². The fraction of sp³-hybridized carbons (Fsp3) is 0.714. The number of nitrogens with zero attached hydrogens (tertiary/aromatic N) is 1. The van der Waals surface area contributed by atoms with Crippen molar-refractivity contribution in [3.8, 4) is 6.07 Å². The highest BCUT2D eigenvalue weighted by Gasteiger charge is 2.39. The molecule has 8 nitrogen and oxygen atoms in total. The van der Waals surface area contributed by atoms with Gasteiger partial charge >= 0.3 is 17.9 Å². The van der Waals surface area contributed by atoms with Gasteiger partial charge in [-0.1, -0.05) is 0 Å². The second-order valence-corrected chi connectivity index (χ2v) is 4.71. The van der Waals surface area contributed by atoms with Crippen LogP contribution in [0.3, 0.4) is 0 Å². The van der Waals surface area contributed by atoms with Crippen LogP contribution >= 0.6 is 0 Å². The minimum absolute atomic E-state index is 0.0000449. The van der Waals surface area contributed by atoms with Gasteiger partial charge in [0.25, 0.3) is 0 Å². The Bertz CT molecular complexity index is 410. The van der Waals surface area contributed by atoms with Crippen molar-refractivity contribution in [1.82, 2.24) is 0 Å². The van der Waals surface area contributed by atoms with E-state index >= 15 is 0 Å². The first kappa shape index (κ1) is 19.9. The Labute approximate surface area is 129 Å². The zero-order chi connectivity index (χ0) is 17.0. The van der Waals surface area contributed by atoms with Crippen LogP contribution in [-0.2, 0) is 28.6 Å². The summed E-state index contributed by atoms with van der Waals surface area (Å²) >= 11 is 0. The molecular formula is C14H22N2O6. The quantitative estimate of drug-likeness (QED) is 0.346. The van der Waals surface area contributed by atoms with E-state index in [9.17, 15) is 14.4 Å². The summed E-state index contributed by atoms with van der Waals surface area (Å²) in [5.41, 5.74) is 4.58. The van der Waals surface area contributed by atoms with E-state index in [0.717, 1.165) is 0 Å². The zero-order valence-corrected chi connectivity index (χ0v) is 12.9. The van der Waals surface area contributed by atoms with Crippen LogP contribution in [0.1, 0.15) is 33.1 Å². The fourth-order valence-corrected chi connectivity index (χ4v) is 1.74. The Morgan fingerprint density at radius 3 is 1.86 bits per heavy atom. The molecule has 0 aromatic heterocycles. The van der Waals surface area contributed by atoms with Crippen LogP contribution in [0.15, 0.2) is 0 Å². The Kier molecular flexibility index (Phi) is 9.54. The van der Waals surface area contributed by atoms with Gasteiger partial charge in [-0.2, -0.15) is 5.26 Å². The van der Waals surface area contributed by atoms with Crippen molar-refractivity contribution in [3.05, 3.63) is 0 Å². The van der Waals surface area contributed by atoms with Crippen LogP contribution < -0.4 is 5.73 Å². The summed E-state index contributed by atoms with van der Waals surface area (Å²) in [6.07, 6.45) is 0.367. The molecule has 124 valence electrons. The van der Waals surface area contributed by atoms with E-state index in [1.807, 2.05) is 6.07 Å². The van der Waals surface area contributed by atoms with Gasteiger partial charge in [0.05, 0.1) is 31.1 Å². The lowest BCUT2D eigenvalue weighted by Gasteiger charge is -2.29. The molecule has 0 spiro atoms. The number of rotatable bonds is 10. The summed E-state index contributed by atoms with van der Waals surface area (Å²) in [6, 6.07) is 1.86. The van der Waals surface area contributed by atoms with Gasteiger partial charge in [0, 0.05) is 20.4 Å². The number of carbonyl (C=O) groups is 3. The monoisotopic (exact) mass is 314 g/mol. The molecular weight excluding hydrogens is 292 g/mol. The van der Waals surface area contributed by atoms with Gasteiger partial charge in [-0.15, -0.1) is 0 Å². The van der Waals surface area contributed by atoms with Crippen molar-refractivity contribution in [1.29, 1.82) is 5.26 Å². The third-order valence-corrected chi connectivity index (χ3v) is 3.04. The Morgan fingerprint density at radius 1 is 1.00 bits per heavy atom.